The summed E-state index contributed by atoms with van der Waals surface area (Å²) in [6, 6.07) is 22.1. The summed E-state index contributed by atoms with van der Waals surface area (Å²) < 4.78 is 30.6. The molecule has 1 atom stereocenters. The van der Waals surface area contributed by atoms with Crippen LogP contribution in [0.15, 0.2) is 83.3 Å². The summed E-state index contributed by atoms with van der Waals surface area (Å²) in [4.78, 5) is 27.6. The van der Waals surface area contributed by atoms with Crippen LogP contribution in [-0.2, 0) is 17.8 Å². The number of amides is 2. The number of methoxy groups -OCH3 is 1. The van der Waals surface area contributed by atoms with Gasteiger partial charge in [-0.1, -0.05) is 32.0 Å². The second-order valence-corrected chi connectivity index (χ2v) is 9.99. The van der Waals surface area contributed by atoms with E-state index < -0.39 is 0 Å². The zero-order valence-electron chi connectivity index (χ0n) is 22.6. The lowest BCUT2D eigenvalue weighted by molar-refractivity contribution is -0.136. The summed E-state index contributed by atoms with van der Waals surface area (Å²) in [7, 11) is 1.58. The molecule has 0 saturated carbocycles. The van der Waals surface area contributed by atoms with Crippen LogP contribution in [0.25, 0.3) is 0 Å². The predicted octanol–water partition coefficient (Wildman–Crippen LogP) is 6.39. The summed E-state index contributed by atoms with van der Waals surface area (Å²) in [5, 5.41) is 2.79. The Hall–Kier alpha value is -4.59. The van der Waals surface area contributed by atoms with Crippen LogP contribution in [0.1, 0.15) is 52.9 Å². The summed E-state index contributed by atoms with van der Waals surface area (Å²) in [6.07, 6.45) is 0.719. The van der Waals surface area contributed by atoms with Crippen LogP contribution in [0.3, 0.4) is 0 Å². The Balaban J connectivity index is 1.32. The van der Waals surface area contributed by atoms with Gasteiger partial charge >= 0.3 is 0 Å². The molecule has 0 bridgehead atoms. The Kier molecular flexibility index (Phi) is 7.86. The maximum absolute atomic E-state index is 13.7. The molecule has 1 aromatic heterocycles. The molecular formula is C32H31FN2O5. The van der Waals surface area contributed by atoms with Crippen LogP contribution in [0.2, 0.25) is 0 Å². The van der Waals surface area contributed by atoms with Crippen molar-refractivity contribution < 1.29 is 27.9 Å². The third-order valence-electron chi connectivity index (χ3n) is 6.92. The molecule has 8 heteroatoms. The fraction of sp³-hybridized carbons (Fsp3) is 0.250. The van der Waals surface area contributed by atoms with E-state index in [-0.39, 0.29) is 42.0 Å². The van der Waals surface area contributed by atoms with Crippen molar-refractivity contribution >= 4 is 17.5 Å². The molecule has 1 aliphatic heterocycles. The quantitative estimate of drug-likeness (QED) is 0.279. The van der Waals surface area contributed by atoms with E-state index in [2.05, 4.69) is 5.32 Å². The molecule has 1 N–H and O–H groups in total. The molecule has 7 nitrogen and oxygen atoms in total. The van der Waals surface area contributed by atoms with E-state index >= 15 is 0 Å². The molecule has 206 valence electrons. The molecule has 0 fully saturated rings. The van der Waals surface area contributed by atoms with Gasteiger partial charge in [0.05, 0.1) is 13.2 Å². The minimum Gasteiger partial charge on any atom is -0.497 e. The van der Waals surface area contributed by atoms with Gasteiger partial charge in [0.25, 0.3) is 5.91 Å². The average Bonchev–Trinajstić information content (AvgIpc) is 3.45. The highest BCUT2D eigenvalue weighted by Gasteiger charge is 2.33. The number of hydrogen-bond donors (Lipinski definition) is 1. The number of nitrogens with zero attached hydrogens (tertiary/aromatic N) is 1. The van der Waals surface area contributed by atoms with Crippen molar-refractivity contribution in [2.24, 2.45) is 5.92 Å². The van der Waals surface area contributed by atoms with Crippen molar-refractivity contribution in [3.05, 3.63) is 113 Å². The minimum absolute atomic E-state index is 0.0438. The number of anilines is 1. The van der Waals surface area contributed by atoms with E-state index in [0.29, 0.717) is 29.5 Å². The van der Waals surface area contributed by atoms with Crippen molar-refractivity contribution in [2.75, 3.05) is 19.0 Å². The first kappa shape index (κ1) is 27.0. The molecule has 1 aliphatic rings. The van der Waals surface area contributed by atoms with Crippen molar-refractivity contribution in [2.45, 2.75) is 32.9 Å². The topological polar surface area (TPSA) is 81.0 Å². The number of carbonyl (C=O) groups is 2. The maximum atomic E-state index is 13.7. The molecule has 0 aliphatic carbocycles. The number of carbonyl (C=O) groups excluding carboxylic acids is 2. The number of rotatable bonds is 8. The van der Waals surface area contributed by atoms with Crippen LogP contribution in [0.5, 0.6) is 11.5 Å². The lowest BCUT2D eigenvalue weighted by atomic mass is 9.87. The smallest absolute Gasteiger partial charge is 0.291 e. The molecule has 3 aromatic carbocycles. The highest BCUT2D eigenvalue weighted by Crippen LogP contribution is 2.38. The number of hydrogen-bond acceptors (Lipinski definition) is 5. The van der Waals surface area contributed by atoms with E-state index in [0.717, 1.165) is 23.1 Å². The normalized spacial score (nSPS) is 14.5. The van der Waals surface area contributed by atoms with E-state index in [1.165, 1.54) is 12.1 Å². The largest absolute Gasteiger partial charge is 0.497 e. The summed E-state index contributed by atoms with van der Waals surface area (Å²) >= 11 is 0. The van der Waals surface area contributed by atoms with Crippen molar-refractivity contribution in [1.82, 2.24) is 4.90 Å². The van der Waals surface area contributed by atoms with Gasteiger partial charge in [0.1, 0.15) is 29.7 Å². The van der Waals surface area contributed by atoms with E-state index in [4.69, 9.17) is 13.9 Å². The van der Waals surface area contributed by atoms with Gasteiger partial charge in [-0.3, -0.25) is 9.59 Å². The summed E-state index contributed by atoms with van der Waals surface area (Å²) in [5.74, 6) is 1.13. The molecule has 0 radical (unpaired) electrons. The van der Waals surface area contributed by atoms with Gasteiger partial charge in [0.2, 0.25) is 5.91 Å². The standard InChI is InChI=1S/C32H31FN2O5/c1-20(2)32(37)35-17-16-21-6-11-26(18-28(21)30(35)22-4-7-23(33)8-5-22)39-19-27-14-15-29(40-27)31(36)34-24-9-12-25(38-3)13-10-24/h4-15,18,20,30H,16-17,19H2,1-3H3,(H,34,36)/t30-/m1/s1. The van der Waals surface area contributed by atoms with Crippen LogP contribution < -0.4 is 14.8 Å². The Bertz CT molecular complexity index is 1490. The first-order chi connectivity index (χ1) is 19.3. The summed E-state index contributed by atoms with van der Waals surface area (Å²) in [5.41, 5.74) is 3.52. The van der Waals surface area contributed by atoms with Crippen molar-refractivity contribution in [3.8, 4) is 11.5 Å². The third kappa shape index (κ3) is 5.86. The number of ether oxygens (including phenoxy) is 2. The first-order valence-electron chi connectivity index (χ1n) is 13.2. The first-order valence-corrected chi connectivity index (χ1v) is 13.2. The van der Waals surface area contributed by atoms with E-state index in [1.54, 1.807) is 55.6 Å². The van der Waals surface area contributed by atoms with Gasteiger partial charge in [-0.15, -0.1) is 0 Å². The maximum Gasteiger partial charge on any atom is 0.291 e. The molecular weight excluding hydrogens is 511 g/mol. The monoisotopic (exact) mass is 542 g/mol. The van der Waals surface area contributed by atoms with Gasteiger partial charge in [-0.25, -0.2) is 4.39 Å². The second-order valence-electron chi connectivity index (χ2n) is 9.99. The number of benzene rings is 3. The van der Waals surface area contributed by atoms with Crippen molar-refractivity contribution in [1.29, 1.82) is 0 Å². The molecule has 4 aromatic rings. The van der Waals surface area contributed by atoms with Crippen molar-refractivity contribution in [3.63, 3.8) is 0 Å². The number of nitrogens with one attached hydrogen (secondary N) is 1. The third-order valence-corrected chi connectivity index (χ3v) is 6.92. The average molecular weight is 543 g/mol. The molecule has 40 heavy (non-hydrogen) atoms. The van der Waals surface area contributed by atoms with Gasteiger partial charge < -0.3 is 24.1 Å². The Labute approximate surface area is 232 Å². The molecule has 0 unspecified atom stereocenters. The molecule has 2 heterocycles. The number of furan rings is 1. The minimum atomic E-state index is -0.373. The van der Waals surface area contributed by atoms with Gasteiger partial charge in [-0.2, -0.15) is 0 Å². The lowest BCUT2D eigenvalue weighted by Crippen LogP contribution is -2.42. The van der Waals surface area contributed by atoms with Crippen LogP contribution in [-0.4, -0.2) is 30.4 Å². The zero-order valence-corrected chi connectivity index (χ0v) is 22.6. The summed E-state index contributed by atoms with van der Waals surface area (Å²) in [6.45, 7) is 4.46. The van der Waals surface area contributed by atoms with Gasteiger partial charge in [0.15, 0.2) is 5.76 Å². The zero-order chi connectivity index (χ0) is 28.2. The highest BCUT2D eigenvalue weighted by atomic mass is 19.1. The Morgan fingerprint density at radius 1 is 1.00 bits per heavy atom. The van der Waals surface area contributed by atoms with Gasteiger partial charge in [0, 0.05) is 18.2 Å². The number of fused-ring (bicyclic) bond motifs is 1. The van der Waals surface area contributed by atoms with E-state index in [9.17, 15) is 14.0 Å². The molecule has 2 amide bonds. The van der Waals surface area contributed by atoms with Crippen LogP contribution in [0.4, 0.5) is 10.1 Å². The lowest BCUT2D eigenvalue weighted by Gasteiger charge is -2.39. The Morgan fingerprint density at radius 2 is 1.73 bits per heavy atom. The van der Waals surface area contributed by atoms with Crippen LogP contribution in [0, 0.1) is 11.7 Å². The fourth-order valence-corrected chi connectivity index (χ4v) is 4.86. The molecule has 0 spiro atoms. The predicted molar refractivity (Wildman–Crippen MR) is 149 cm³/mol. The molecule has 0 saturated heterocycles. The van der Waals surface area contributed by atoms with Gasteiger partial charge in [-0.05, 0) is 83.8 Å². The van der Waals surface area contributed by atoms with E-state index in [1.807, 2.05) is 36.9 Å². The fourth-order valence-electron chi connectivity index (χ4n) is 4.86. The number of halogens is 1. The Morgan fingerprint density at radius 3 is 2.42 bits per heavy atom. The SMILES string of the molecule is COc1ccc(NC(=O)c2ccc(COc3ccc4c(c3)[C@@H](c3ccc(F)cc3)N(C(=O)C(C)C)CC4)o2)cc1. The second kappa shape index (κ2) is 11.7. The highest BCUT2D eigenvalue weighted by molar-refractivity contribution is 6.02. The molecule has 5 rings (SSSR count). The van der Waals surface area contributed by atoms with Crippen LogP contribution >= 0.6 is 0 Å².